The predicted molar refractivity (Wildman–Crippen MR) is 64.3 cm³/mol. The van der Waals surface area contributed by atoms with Crippen LogP contribution in [0, 0.1) is 0 Å². The van der Waals surface area contributed by atoms with Gasteiger partial charge in [0.2, 0.25) is 5.28 Å². The summed E-state index contributed by atoms with van der Waals surface area (Å²) < 4.78 is 5.41. The average Bonchev–Trinajstić information content (AvgIpc) is 2.76. The van der Waals surface area contributed by atoms with Gasteiger partial charge in [0.1, 0.15) is 0 Å². The van der Waals surface area contributed by atoms with Gasteiger partial charge in [0.05, 0.1) is 25.6 Å². The average molecular weight is 254 g/mol. The molecule has 17 heavy (non-hydrogen) atoms. The Hall–Kier alpha value is -1.40. The van der Waals surface area contributed by atoms with E-state index in [1.54, 1.807) is 6.33 Å². The molecule has 90 valence electrons. The van der Waals surface area contributed by atoms with Crippen LogP contribution in [0.25, 0.3) is 11.2 Å². The van der Waals surface area contributed by atoms with Crippen molar-refractivity contribution in [2.75, 3.05) is 24.7 Å². The molecule has 1 atom stereocenters. The van der Waals surface area contributed by atoms with Crippen molar-refractivity contribution in [3.63, 3.8) is 0 Å². The molecule has 0 amide bonds. The third-order valence-electron chi connectivity index (χ3n) is 2.87. The number of hydrogen-bond donors (Lipinski definition) is 1. The van der Waals surface area contributed by atoms with Crippen molar-refractivity contribution in [2.45, 2.75) is 13.0 Å². The smallest absolute Gasteiger partial charge is 0.226 e. The molecule has 3 rings (SSSR count). The standard InChI is InChI=1S/C10H12ClN5O/c1-6-4-17-3-2-16(6)9-7-8(13-5-12-7)14-10(11)15-9/h5-6H,2-4H2,1H3,(H,12,13,14,15)/t6-/m0/s1. The molecule has 0 unspecified atom stereocenters. The lowest BCUT2D eigenvalue weighted by molar-refractivity contribution is 0.0986. The van der Waals surface area contributed by atoms with Crippen LogP contribution < -0.4 is 4.90 Å². The van der Waals surface area contributed by atoms with E-state index in [-0.39, 0.29) is 11.3 Å². The Kier molecular flexibility index (Phi) is 2.60. The minimum Gasteiger partial charge on any atom is -0.377 e. The van der Waals surface area contributed by atoms with Crippen LogP contribution in [0.4, 0.5) is 5.82 Å². The maximum atomic E-state index is 5.92. The maximum absolute atomic E-state index is 5.92. The number of nitrogens with zero attached hydrogens (tertiary/aromatic N) is 4. The van der Waals surface area contributed by atoms with Crippen molar-refractivity contribution in [3.8, 4) is 0 Å². The third kappa shape index (κ3) is 1.83. The number of morpholine rings is 1. The molecule has 7 heteroatoms. The van der Waals surface area contributed by atoms with Gasteiger partial charge in [-0.3, -0.25) is 0 Å². The summed E-state index contributed by atoms with van der Waals surface area (Å²) in [5.74, 6) is 0.775. The molecule has 6 nitrogen and oxygen atoms in total. The van der Waals surface area contributed by atoms with E-state index in [0.29, 0.717) is 18.9 Å². The summed E-state index contributed by atoms with van der Waals surface area (Å²) in [6.07, 6.45) is 1.60. The Labute approximate surface area is 103 Å². The van der Waals surface area contributed by atoms with Gasteiger partial charge in [-0.2, -0.15) is 9.97 Å². The van der Waals surface area contributed by atoms with Gasteiger partial charge in [0, 0.05) is 6.54 Å². The number of rotatable bonds is 1. The van der Waals surface area contributed by atoms with E-state index in [1.165, 1.54) is 0 Å². The lowest BCUT2D eigenvalue weighted by Gasteiger charge is -2.34. The second-order valence-corrected chi connectivity index (χ2v) is 4.37. The summed E-state index contributed by atoms with van der Waals surface area (Å²) in [4.78, 5) is 17.7. The highest BCUT2D eigenvalue weighted by Crippen LogP contribution is 2.25. The lowest BCUT2D eigenvalue weighted by atomic mass is 10.2. The summed E-state index contributed by atoms with van der Waals surface area (Å²) in [5.41, 5.74) is 1.42. The summed E-state index contributed by atoms with van der Waals surface area (Å²) in [5, 5.41) is 0.232. The number of imidazole rings is 1. The Morgan fingerprint density at radius 1 is 1.53 bits per heavy atom. The number of aromatic amines is 1. The highest BCUT2D eigenvalue weighted by Gasteiger charge is 2.23. The highest BCUT2D eigenvalue weighted by molar-refractivity contribution is 6.28. The number of aromatic nitrogens is 4. The molecule has 1 aliphatic rings. The van der Waals surface area contributed by atoms with Gasteiger partial charge in [-0.1, -0.05) is 0 Å². The molecule has 0 aliphatic carbocycles. The molecule has 0 radical (unpaired) electrons. The zero-order chi connectivity index (χ0) is 11.8. The Morgan fingerprint density at radius 2 is 2.41 bits per heavy atom. The van der Waals surface area contributed by atoms with Crippen molar-refractivity contribution in [1.82, 2.24) is 19.9 Å². The normalized spacial score (nSPS) is 21.1. The van der Waals surface area contributed by atoms with Crippen molar-refractivity contribution < 1.29 is 4.74 Å². The van der Waals surface area contributed by atoms with E-state index in [4.69, 9.17) is 16.3 Å². The summed E-state index contributed by atoms with van der Waals surface area (Å²) >= 11 is 5.92. The molecule has 2 aromatic rings. The van der Waals surface area contributed by atoms with E-state index < -0.39 is 0 Å². The van der Waals surface area contributed by atoms with Crippen LogP contribution in [0.2, 0.25) is 5.28 Å². The SMILES string of the molecule is C[C@H]1COCCN1c1nc(Cl)nc2[nH]cnc12. The van der Waals surface area contributed by atoms with Crippen molar-refractivity contribution in [3.05, 3.63) is 11.6 Å². The minimum atomic E-state index is 0.232. The quantitative estimate of drug-likeness (QED) is 0.775. The molecule has 0 bridgehead atoms. The van der Waals surface area contributed by atoms with E-state index in [2.05, 4.69) is 31.8 Å². The van der Waals surface area contributed by atoms with Gasteiger partial charge in [0.25, 0.3) is 0 Å². The highest BCUT2D eigenvalue weighted by atomic mass is 35.5. The zero-order valence-electron chi connectivity index (χ0n) is 9.35. The number of halogens is 1. The van der Waals surface area contributed by atoms with Crippen LogP contribution in [0.3, 0.4) is 0 Å². The van der Waals surface area contributed by atoms with Crippen LogP contribution in [-0.2, 0) is 4.74 Å². The van der Waals surface area contributed by atoms with E-state index in [1.807, 2.05) is 0 Å². The summed E-state index contributed by atoms with van der Waals surface area (Å²) in [6, 6.07) is 0.259. The number of ether oxygens (including phenoxy) is 1. The molecule has 1 aliphatic heterocycles. The summed E-state index contributed by atoms with van der Waals surface area (Å²) in [6.45, 7) is 4.26. The molecule has 0 spiro atoms. The number of nitrogens with one attached hydrogen (secondary N) is 1. The molecular weight excluding hydrogens is 242 g/mol. The van der Waals surface area contributed by atoms with Crippen molar-refractivity contribution in [2.24, 2.45) is 0 Å². The zero-order valence-corrected chi connectivity index (χ0v) is 10.1. The molecular formula is C10H12ClN5O. The first kappa shape index (κ1) is 10.7. The fraction of sp³-hybridized carbons (Fsp3) is 0.500. The van der Waals surface area contributed by atoms with E-state index in [0.717, 1.165) is 17.9 Å². The number of fused-ring (bicyclic) bond motifs is 1. The van der Waals surface area contributed by atoms with Crippen LogP contribution >= 0.6 is 11.6 Å². The van der Waals surface area contributed by atoms with Crippen LogP contribution in [0.5, 0.6) is 0 Å². The Bertz CT molecular complexity index is 542. The third-order valence-corrected chi connectivity index (χ3v) is 3.04. The molecule has 1 saturated heterocycles. The number of hydrogen-bond acceptors (Lipinski definition) is 5. The predicted octanol–water partition coefficient (Wildman–Crippen LogP) is 1.23. The number of H-pyrrole nitrogens is 1. The first-order valence-electron chi connectivity index (χ1n) is 5.46. The first-order chi connectivity index (χ1) is 8.25. The topological polar surface area (TPSA) is 66.9 Å². The van der Waals surface area contributed by atoms with Gasteiger partial charge in [-0.15, -0.1) is 0 Å². The molecule has 1 fully saturated rings. The number of anilines is 1. The van der Waals surface area contributed by atoms with E-state index >= 15 is 0 Å². The Balaban J connectivity index is 2.11. The first-order valence-corrected chi connectivity index (χ1v) is 5.84. The second kappa shape index (κ2) is 4.12. The van der Waals surface area contributed by atoms with Gasteiger partial charge in [-0.05, 0) is 18.5 Å². The fourth-order valence-electron chi connectivity index (χ4n) is 2.04. The molecule has 0 aromatic carbocycles. The minimum absolute atomic E-state index is 0.232. The van der Waals surface area contributed by atoms with Gasteiger partial charge in [0.15, 0.2) is 17.0 Å². The lowest BCUT2D eigenvalue weighted by Crippen LogP contribution is -2.44. The Morgan fingerprint density at radius 3 is 3.24 bits per heavy atom. The fourth-order valence-corrected chi connectivity index (χ4v) is 2.20. The largest absolute Gasteiger partial charge is 0.377 e. The van der Waals surface area contributed by atoms with Gasteiger partial charge < -0.3 is 14.6 Å². The molecule has 1 N–H and O–H groups in total. The van der Waals surface area contributed by atoms with Crippen LogP contribution in [-0.4, -0.2) is 45.7 Å². The summed E-state index contributed by atoms with van der Waals surface area (Å²) in [7, 11) is 0. The molecule has 0 saturated carbocycles. The van der Waals surface area contributed by atoms with Gasteiger partial charge >= 0.3 is 0 Å². The maximum Gasteiger partial charge on any atom is 0.226 e. The van der Waals surface area contributed by atoms with Crippen molar-refractivity contribution >= 4 is 28.6 Å². The monoisotopic (exact) mass is 253 g/mol. The van der Waals surface area contributed by atoms with Crippen molar-refractivity contribution in [1.29, 1.82) is 0 Å². The molecule has 2 aromatic heterocycles. The van der Waals surface area contributed by atoms with Crippen LogP contribution in [0.15, 0.2) is 6.33 Å². The van der Waals surface area contributed by atoms with E-state index in [9.17, 15) is 0 Å². The van der Waals surface area contributed by atoms with Crippen LogP contribution in [0.1, 0.15) is 6.92 Å². The molecule has 3 heterocycles. The second-order valence-electron chi connectivity index (χ2n) is 4.03. The van der Waals surface area contributed by atoms with Gasteiger partial charge in [-0.25, -0.2) is 4.98 Å².